The first-order valence-corrected chi connectivity index (χ1v) is 5.54. The third-order valence-corrected chi connectivity index (χ3v) is 3.60. The normalized spacial score (nSPS) is 19.2. The smallest absolute Gasteiger partial charge is 0.312 e. The van der Waals surface area contributed by atoms with E-state index in [0.29, 0.717) is 10.8 Å². The Bertz CT molecular complexity index is 343. The molecule has 0 aromatic carbocycles. The van der Waals surface area contributed by atoms with Gasteiger partial charge in [-0.2, -0.15) is 13.2 Å². The van der Waals surface area contributed by atoms with Gasteiger partial charge in [-0.05, 0) is 25.8 Å². The number of nitrogens with one attached hydrogen (secondary N) is 1. The summed E-state index contributed by atoms with van der Waals surface area (Å²) < 4.78 is 36.9. The molecular weight excluding hydrogens is 225 g/mol. The van der Waals surface area contributed by atoms with Gasteiger partial charge in [0.15, 0.2) is 5.01 Å². The molecule has 0 saturated heterocycles. The van der Waals surface area contributed by atoms with Crippen LogP contribution in [0.2, 0.25) is 0 Å². The van der Waals surface area contributed by atoms with E-state index in [9.17, 15) is 13.2 Å². The van der Waals surface area contributed by atoms with Crippen LogP contribution >= 0.6 is 11.3 Å². The Morgan fingerprint density at radius 3 is 2.60 bits per heavy atom. The fourth-order valence-electron chi connectivity index (χ4n) is 1.60. The summed E-state index contributed by atoms with van der Waals surface area (Å²) in [6.07, 6.45) is -0.798. The molecule has 1 heterocycles. The van der Waals surface area contributed by atoms with Gasteiger partial charge in [0.2, 0.25) is 0 Å². The Hall–Kier alpha value is -0.620. The van der Waals surface area contributed by atoms with E-state index in [0.717, 1.165) is 24.2 Å². The van der Waals surface area contributed by atoms with Crippen LogP contribution in [-0.2, 0) is 6.18 Å². The Morgan fingerprint density at radius 1 is 1.53 bits per heavy atom. The minimum absolute atomic E-state index is 0.0404. The molecule has 15 heavy (non-hydrogen) atoms. The van der Waals surface area contributed by atoms with Crippen molar-refractivity contribution in [1.82, 2.24) is 10.3 Å². The van der Waals surface area contributed by atoms with Crippen molar-refractivity contribution in [3.05, 3.63) is 16.1 Å². The molecule has 0 radical (unpaired) electrons. The highest BCUT2D eigenvalue weighted by Crippen LogP contribution is 2.43. The summed E-state index contributed by atoms with van der Waals surface area (Å²) in [6, 6.07) is 0.0404. The van der Waals surface area contributed by atoms with Crippen molar-refractivity contribution in [2.24, 2.45) is 5.92 Å². The van der Waals surface area contributed by atoms with Crippen LogP contribution < -0.4 is 5.32 Å². The molecule has 2 nitrogen and oxygen atoms in total. The molecule has 1 aliphatic carbocycles. The Balaban J connectivity index is 2.18. The van der Waals surface area contributed by atoms with Crippen molar-refractivity contribution in [3.8, 4) is 0 Å². The summed E-state index contributed by atoms with van der Waals surface area (Å²) in [5, 5.41) is 2.30. The van der Waals surface area contributed by atoms with Crippen molar-refractivity contribution >= 4 is 11.3 Å². The second-order valence-electron chi connectivity index (χ2n) is 3.67. The van der Waals surface area contributed by atoms with Crippen molar-refractivity contribution in [2.75, 3.05) is 7.05 Å². The largest absolute Gasteiger partial charge is 0.443 e. The molecular formula is C9H11F3N2S. The van der Waals surface area contributed by atoms with E-state index < -0.39 is 11.2 Å². The summed E-state index contributed by atoms with van der Waals surface area (Å²) in [6.45, 7) is 0. The molecule has 0 aliphatic heterocycles. The molecule has 1 atom stereocenters. The van der Waals surface area contributed by atoms with Gasteiger partial charge in [-0.15, -0.1) is 11.3 Å². The number of rotatable bonds is 3. The van der Waals surface area contributed by atoms with Crippen LogP contribution in [0.1, 0.15) is 28.8 Å². The lowest BCUT2D eigenvalue weighted by atomic mass is 10.2. The number of nitrogens with zero attached hydrogens (tertiary/aromatic N) is 1. The van der Waals surface area contributed by atoms with Crippen molar-refractivity contribution in [3.63, 3.8) is 0 Å². The highest BCUT2D eigenvalue weighted by atomic mass is 32.1. The molecule has 0 amide bonds. The average molecular weight is 236 g/mol. The molecule has 84 valence electrons. The lowest BCUT2D eigenvalue weighted by Gasteiger charge is -2.11. The van der Waals surface area contributed by atoms with Crippen LogP contribution in [0, 0.1) is 5.92 Å². The van der Waals surface area contributed by atoms with Crippen molar-refractivity contribution in [2.45, 2.75) is 25.1 Å². The summed E-state index contributed by atoms with van der Waals surface area (Å²) in [7, 11) is 1.77. The molecule has 1 N–H and O–H groups in total. The highest BCUT2D eigenvalue weighted by Gasteiger charge is 2.37. The molecule has 1 aliphatic rings. The summed E-state index contributed by atoms with van der Waals surface area (Å²) in [5.41, 5.74) is 0. The summed E-state index contributed by atoms with van der Waals surface area (Å²) in [4.78, 5) is 4.11. The number of alkyl halides is 3. The number of hydrogen-bond acceptors (Lipinski definition) is 3. The molecule has 2 rings (SSSR count). The van der Waals surface area contributed by atoms with Gasteiger partial charge < -0.3 is 5.32 Å². The van der Waals surface area contributed by atoms with E-state index in [-0.39, 0.29) is 6.04 Å². The van der Waals surface area contributed by atoms with Gasteiger partial charge in [0.25, 0.3) is 0 Å². The van der Waals surface area contributed by atoms with Crippen LogP contribution in [0.15, 0.2) is 6.20 Å². The van der Waals surface area contributed by atoms with E-state index in [1.165, 1.54) is 6.20 Å². The van der Waals surface area contributed by atoms with Gasteiger partial charge in [0.1, 0.15) is 0 Å². The number of thiazole rings is 1. The number of halogens is 3. The molecule has 1 aromatic heterocycles. The minimum Gasteiger partial charge on any atom is -0.312 e. The summed E-state index contributed by atoms with van der Waals surface area (Å²) >= 11 is 0.742. The van der Waals surface area contributed by atoms with Crippen LogP contribution in [0.4, 0.5) is 13.2 Å². The van der Waals surface area contributed by atoms with Gasteiger partial charge in [0, 0.05) is 17.1 Å². The Morgan fingerprint density at radius 2 is 2.20 bits per heavy atom. The maximum Gasteiger partial charge on any atom is 0.443 e. The van der Waals surface area contributed by atoms with Gasteiger partial charge >= 0.3 is 6.18 Å². The van der Waals surface area contributed by atoms with E-state index >= 15 is 0 Å². The molecule has 1 fully saturated rings. The third kappa shape index (κ3) is 2.31. The SMILES string of the molecule is CNC(c1cnc(C(F)(F)F)s1)C1CC1. The first kappa shape index (κ1) is 10.9. The predicted octanol–water partition coefficient (Wildman–Crippen LogP) is 2.83. The van der Waals surface area contributed by atoms with Crippen molar-refractivity contribution in [1.29, 1.82) is 0 Å². The topological polar surface area (TPSA) is 24.9 Å². The van der Waals surface area contributed by atoms with Gasteiger partial charge in [-0.3, -0.25) is 0 Å². The molecule has 0 spiro atoms. The average Bonchev–Trinajstić information content (AvgIpc) is 2.82. The first-order chi connectivity index (χ1) is 7.02. The predicted molar refractivity (Wildman–Crippen MR) is 51.6 cm³/mol. The standard InChI is InChI=1S/C9H11F3N2S/c1-13-7(5-2-3-5)6-4-14-8(15-6)9(10,11)12/h4-5,7,13H,2-3H2,1H3. The van der Waals surface area contributed by atoms with E-state index in [4.69, 9.17) is 0 Å². The number of aromatic nitrogens is 1. The van der Waals surface area contributed by atoms with Crippen LogP contribution in [0.3, 0.4) is 0 Å². The van der Waals surface area contributed by atoms with Gasteiger partial charge in [-0.1, -0.05) is 0 Å². The first-order valence-electron chi connectivity index (χ1n) is 4.72. The highest BCUT2D eigenvalue weighted by molar-refractivity contribution is 7.11. The Labute approximate surface area is 89.5 Å². The van der Waals surface area contributed by atoms with Crippen LogP contribution in [-0.4, -0.2) is 12.0 Å². The van der Waals surface area contributed by atoms with E-state index in [1.807, 2.05) is 0 Å². The second kappa shape index (κ2) is 3.75. The molecule has 6 heteroatoms. The molecule has 1 aromatic rings. The summed E-state index contributed by atoms with van der Waals surface area (Å²) in [5.74, 6) is 0.483. The zero-order valence-corrected chi connectivity index (χ0v) is 8.95. The Kier molecular flexibility index (Phi) is 2.72. The van der Waals surface area contributed by atoms with E-state index in [2.05, 4.69) is 10.3 Å². The number of hydrogen-bond donors (Lipinski definition) is 1. The second-order valence-corrected chi connectivity index (χ2v) is 4.73. The minimum atomic E-state index is -4.31. The molecule has 1 saturated carbocycles. The van der Waals surface area contributed by atoms with E-state index in [1.54, 1.807) is 7.05 Å². The third-order valence-electron chi connectivity index (χ3n) is 2.48. The molecule has 0 bridgehead atoms. The maximum atomic E-state index is 12.3. The zero-order valence-electron chi connectivity index (χ0n) is 8.14. The quantitative estimate of drug-likeness (QED) is 0.872. The van der Waals surface area contributed by atoms with Gasteiger partial charge in [-0.25, -0.2) is 4.98 Å². The monoisotopic (exact) mass is 236 g/mol. The lowest BCUT2D eigenvalue weighted by molar-refractivity contribution is -0.137. The van der Waals surface area contributed by atoms with Crippen LogP contribution in [0.25, 0.3) is 0 Å². The fraction of sp³-hybridized carbons (Fsp3) is 0.667. The lowest BCUT2D eigenvalue weighted by Crippen LogP contribution is -2.16. The van der Waals surface area contributed by atoms with Crippen LogP contribution in [0.5, 0.6) is 0 Å². The molecule has 1 unspecified atom stereocenters. The maximum absolute atomic E-state index is 12.3. The fourth-order valence-corrected chi connectivity index (χ4v) is 2.59. The zero-order chi connectivity index (χ0) is 11.1. The van der Waals surface area contributed by atoms with Gasteiger partial charge in [0.05, 0.1) is 0 Å². The van der Waals surface area contributed by atoms with Crippen molar-refractivity contribution < 1.29 is 13.2 Å².